The number of aliphatic hydroxyl groups excluding tert-OH is 1. The highest BCUT2D eigenvalue weighted by Gasteiger charge is 2.27. The largest absolute Gasteiger partial charge is 0.486 e. The maximum Gasteiger partial charge on any atom is 0.161 e. The lowest BCUT2D eigenvalue weighted by Gasteiger charge is -2.40. The van der Waals surface area contributed by atoms with Crippen LogP contribution in [0.3, 0.4) is 0 Å². The third kappa shape index (κ3) is 4.41. The molecular formula is C19H29NO4. The highest BCUT2D eigenvalue weighted by molar-refractivity contribution is 5.40. The van der Waals surface area contributed by atoms with Gasteiger partial charge in [0.15, 0.2) is 17.6 Å². The van der Waals surface area contributed by atoms with E-state index in [0.717, 1.165) is 11.5 Å². The summed E-state index contributed by atoms with van der Waals surface area (Å²) >= 11 is 0. The van der Waals surface area contributed by atoms with Gasteiger partial charge in [0.05, 0.1) is 19.3 Å². The summed E-state index contributed by atoms with van der Waals surface area (Å²) in [6, 6.07) is 8.73. The molecule has 0 radical (unpaired) electrons. The molecule has 2 heterocycles. The Morgan fingerprint density at radius 3 is 2.67 bits per heavy atom. The zero-order valence-corrected chi connectivity index (χ0v) is 14.7. The van der Waals surface area contributed by atoms with E-state index in [1.165, 1.54) is 19.3 Å². The molecule has 0 saturated carbocycles. The smallest absolute Gasteiger partial charge is 0.161 e. The average molecular weight is 335 g/mol. The Kier molecular flexibility index (Phi) is 5.98. The number of hydrogen-bond donors (Lipinski definition) is 1. The fourth-order valence-corrected chi connectivity index (χ4v) is 3.61. The van der Waals surface area contributed by atoms with Crippen molar-refractivity contribution in [3.63, 3.8) is 0 Å². The van der Waals surface area contributed by atoms with Gasteiger partial charge in [-0.3, -0.25) is 4.90 Å². The van der Waals surface area contributed by atoms with Gasteiger partial charge in [-0.25, -0.2) is 0 Å². The molecule has 24 heavy (non-hydrogen) atoms. The highest BCUT2D eigenvalue weighted by atomic mass is 16.6. The number of rotatable bonds is 6. The van der Waals surface area contributed by atoms with Crippen LogP contribution in [-0.2, 0) is 4.74 Å². The molecule has 5 heteroatoms. The van der Waals surface area contributed by atoms with E-state index >= 15 is 0 Å². The lowest BCUT2D eigenvalue weighted by atomic mass is 9.97. The minimum absolute atomic E-state index is 0.125. The standard InChI is InChI=1S/C19H29NO4/c1-14-6-5-7-15(2)20(14)10-16(21)11-22-12-17-13-23-18-8-3-4-9-19(18)24-17/h3-4,8-9,14-17,21H,5-7,10-13H2,1-2H3/t14-,15+,16-,17-/m0/s1. The molecule has 3 rings (SSSR count). The summed E-state index contributed by atoms with van der Waals surface area (Å²) in [5.74, 6) is 1.54. The molecule has 0 unspecified atom stereocenters. The van der Waals surface area contributed by atoms with Crippen LogP contribution < -0.4 is 9.47 Å². The van der Waals surface area contributed by atoms with Crippen LogP contribution in [0.4, 0.5) is 0 Å². The van der Waals surface area contributed by atoms with Crippen molar-refractivity contribution in [2.75, 3.05) is 26.4 Å². The first kappa shape index (κ1) is 17.5. The van der Waals surface area contributed by atoms with Crippen LogP contribution in [0.15, 0.2) is 24.3 Å². The number of hydrogen-bond acceptors (Lipinski definition) is 5. The molecule has 2 aliphatic rings. The maximum atomic E-state index is 10.3. The van der Waals surface area contributed by atoms with Crippen molar-refractivity contribution in [3.8, 4) is 11.5 Å². The highest BCUT2D eigenvalue weighted by Crippen LogP contribution is 2.30. The topological polar surface area (TPSA) is 51.2 Å². The second kappa shape index (κ2) is 8.19. The molecule has 0 spiro atoms. The van der Waals surface area contributed by atoms with Crippen LogP contribution in [0.1, 0.15) is 33.1 Å². The Balaban J connectivity index is 1.39. The molecule has 5 nitrogen and oxygen atoms in total. The zero-order valence-electron chi connectivity index (χ0n) is 14.7. The van der Waals surface area contributed by atoms with Crippen LogP contribution in [-0.4, -0.2) is 60.7 Å². The normalized spacial score (nSPS) is 28.5. The third-order valence-electron chi connectivity index (χ3n) is 4.98. The molecule has 4 atom stereocenters. The molecule has 0 amide bonds. The van der Waals surface area contributed by atoms with Gasteiger partial charge >= 0.3 is 0 Å². The van der Waals surface area contributed by atoms with E-state index in [0.29, 0.717) is 38.4 Å². The fraction of sp³-hybridized carbons (Fsp3) is 0.684. The zero-order chi connectivity index (χ0) is 16.9. The van der Waals surface area contributed by atoms with Crippen LogP contribution >= 0.6 is 0 Å². The van der Waals surface area contributed by atoms with Gasteiger partial charge in [0, 0.05) is 18.6 Å². The number of likely N-dealkylation sites (tertiary alicyclic amines) is 1. The Morgan fingerprint density at radius 2 is 1.92 bits per heavy atom. The van der Waals surface area contributed by atoms with E-state index in [1.807, 2.05) is 24.3 Å². The lowest BCUT2D eigenvalue weighted by molar-refractivity contribution is -0.0391. The second-order valence-corrected chi connectivity index (χ2v) is 7.01. The van der Waals surface area contributed by atoms with E-state index in [4.69, 9.17) is 14.2 Å². The van der Waals surface area contributed by atoms with E-state index in [9.17, 15) is 5.11 Å². The maximum absolute atomic E-state index is 10.3. The van der Waals surface area contributed by atoms with Crippen molar-refractivity contribution in [1.82, 2.24) is 4.90 Å². The first-order valence-corrected chi connectivity index (χ1v) is 9.03. The van der Waals surface area contributed by atoms with Gasteiger partial charge in [-0.15, -0.1) is 0 Å². The molecule has 1 fully saturated rings. The minimum Gasteiger partial charge on any atom is -0.486 e. The summed E-state index contributed by atoms with van der Waals surface area (Å²) in [4.78, 5) is 2.40. The predicted molar refractivity (Wildman–Crippen MR) is 92.7 cm³/mol. The average Bonchev–Trinajstić information content (AvgIpc) is 2.58. The molecule has 0 bridgehead atoms. The van der Waals surface area contributed by atoms with E-state index in [2.05, 4.69) is 18.7 Å². The molecule has 134 valence electrons. The summed E-state index contributed by atoms with van der Waals surface area (Å²) in [7, 11) is 0. The summed E-state index contributed by atoms with van der Waals surface area (Å²) in [5.41, 5.74) is 0. The first-order valence-electron chi connectivity index (χ1n) is 9.03. The van der Waals surface area contributed by atoms with Crippen LogP contribution in [0, 0.1) is 0 Å². The van der Waals surface area contributed by atoms with E-state index in [1.54, 1.807) is 0 Å². The Bertz CT molecular complexity index is 514. The lowest BCUT2D eigenvalue weighted by Crippen LogP contribution is -2.48. The van der Waals surface area contributed by atoms with Crippen LogP contribution in [0.25, 0.3) is 0 Å². The molecule has 0 aliphatic carbocycles. The fourth-order valence-electron chi connectivity index (χ4n) is 3.61. The minimum atomic E-state index is -0.468. The van der Waals surface area contributed by atoms with Crippen molar-refractivity contribution >= 4 is 0 Å². The predicted octanol–water partition coefficient (Wildman–Crippen LogP) is 2.47. The van der Waals surface area contributed by atoms with Gasteiger partial charge in [0.25, 0.3) is 0 Å². The number of aliphatic hydroxyl groups is 1. The number of nitrogens with zero attached hydrogens (tertiary/aromatic N) is 1. The van der Waals surface area contributed by atoms with Gasteiger partial charge in [-0.2, -0.15) is 0 Å². The van der Waals surface area contributed by atoms with Gasteiger partial charge in [-0.05, 0) is 38.8 Å². The number of piperidine rings is 1. The summed E-state index contributed by atoms with van der Waals surface area (Å²) in [6.07, 6.45) is 3.12. The number of benzene rings is 1. The molecule has 2 aliphatic heterocycles. The van der Waals surface area contributed by atoms with Gasteiger partial charge in [0.1, 0.15) is 6.61 Å². The summed E-state index contributed by atoms with van der Waals surface area (Å²) in [6.45, 7) is 6.40. The summed E-state index contributed by atoms with van der Waals surface area (Å²) < 4.78 is 17.2. The van der Waals surface area contributed by atoms with Crippen molar-refractivity contribution < 1.29 is 19.3 Å². The van der Waals surface area contributed by atoms with Crippen LogP contribution in [0.2, 0.25) is 0 Å². The molecule has 1 aromatic rings. The Hall–Kier alpha value is -1.30. The Morgan fingerprint density at radius 1 is 1.21 bits per heavy atom. The van der Waals surface area contributed by atoms with Crippen molar-refractivity contribution in [2.24, 2.45) is 0 Å². The van der Waals surface area contributed by atoms with E-state index < -0.39 is 6.10 Å². The van der Waals surface area contributed by atoms with Crippen molar-refractivity contribution in [3.05, 3.63) is 24.3 Å². The second-order valence-electron chi connectivity index (χ2n) is 7.01. The van der Waals surface area contributed by atoms with Gasteiger partial charge in [-0.1, -0.05) is 18.6 Å². The Labute approximate surface area is 144 Å². The number of para-hydroxylation sites is 2. The quantitative estimate of drug-likeness (QED) is 0.865. The molecule has 1 saturated heterocycles. The van der Waals surface area contributed by atoms with Crippen LogP contribution in [0.5, 0.6) is 11.5 Å². The molecule has 1 aromatic carbocycles. The SMILES string of the molecule is C[C@@H]1CCC[C@H](C)N1C[C@H](O)COC[C@H]1COc2ccccc2O1. The molecular weight excluding hydrogens is 306 g/mol. The molecule has 1 N–H and O–H groups in total. The monoisotopic (exact) mass is 335 g/mol. The van der Waals surface area contributed by atoms with E-state index in [-0.39, 0.29) is 6.10 Å². The number of β-amino-alcohol motifs (C(OH)–C–C–N with tert-alkyl or cyclic N) is 1. The van der Waals surface area contributed by atoms with Crippen molar-refractivity contribution in [1.29, 1.82) is 0 Å². The third-order valence-corrected chi connectivity index (χ3v) is 4.98. The number of ether oxygens (including phenoxy) is 3. The van der Waals surface area contributed by atoms with Gasteiger partial charge < -0.3 is 19.3 Å². The molecule has 0 aromatic heterocycles. The van der Waals surface area contributed by atoms with Gasteiger partial charge in [0.2, 0.25) is 0 Å². The first-order chi connectivity index (χ1) is 11.6. The van der Waals surface area contributed by atoms with Crippen molar-refractivity contribution in [2.45, 2.75) is 57.4 Å². The number of fused-ring (bicyclic) bond motifs is 1. The summed E-state index contributed by atoms with van der Waals surface area (Å²) in [5, 5.41) is 10.3.